The van der Waals surface area contributed by atoms with Crippen LogP contribution in [-0.2, 0) is 23.1 Å². The fourth-order valence-corrected chi connectivity index (χ4v) is 7.32. The summed E-state index contributed by atoms with van der Waals surface area (Å²) in [5.74, 6) is -0.325. The molecule has 2 aromatic rings. The number of hydrogen-bond acceptors (Lipinski definition) is 5. The van der Waals surface area contributed by atoms with Gasteiger partial charge in [0.25, 0.3) is 5.91 Å². The number of nitrogens with zero attached hydrogens (tertiary/aromatic N) is 2. The molecule has 1 N–H and O–H groups in total. The highest BCUT2D eigenvalue weighted by molar-refractivity contribution is 7.89. The minimum atomic E-state index is -3.61. The van der Waals surface area contributed by atoms with Crippen molar-refractivity contribution in [2.45, 2.75) is 63.1 Å². The SMILES string of the molecule is CC1CCCCN1Cc1ccccc1CNC(=O)c1sccc1S(=O)(=O)N1CCCC1. The largest absolute Gasteiger partial charge is 0.347 e. The van der Waals surface area contributed by atoms with Gasteiger partial charge in [0.15, 0.2) is 0 Å². The summed E-state index contributed by atoms with van der Waals surface area (Å²) in [5.41, 5.74) is 2.29. The van der Waals surface area contributed by atoms with Gasteiger partial charge in [-0.05, 0) is 61.7 Å². The molecule has 3 heterocycles. The van der Waals surface area contributed by atoms with E-state index in [0.717, 1.165) is 31.5 Å². The Bertz CT molecular complexity index is 1010. The van der Waals surface area contributed by atoms with Crippen LogP contribution >= 0.6 is 11.3 Å². The van der Waals surface area contributed by atoms with E-state index >= 15 is 0 Å². The van der Waals surface area contributed by atoms with Crippen molar-refractivity contribution in [3.8, 4) is 0 Å². The van der Waals surface area contributed by atoms with Gasteiger partial charge in [-0.3, -0.25) is 9.69 Å². The summed E-state index contributed by atoms with van der Waals surface area (Å²) in [4.78, 5) is 15.8. The number of amides is 1. The van der Waals surface area contributed by atoms with Gasteiger partial charge in [-0.1, -0.05) is 30.7 Å². The van der Waals surface area contributed by atoms with Gasteiger partial charge in [0, 0.05) is 32.2 Å². The lowest BCUT2D eigenvalue weighted by Crippen LogP contribution is -2.37. The topological polar surface area (TPSA) is 69.7 Å². The monoisotopic (exact) mass is 461 g/mol. The molecule has 0 bridgehead atoms. The predicted octanol–water partition coefficient (Wildman–Crippen LogP) is 3.84. The van der Waals surface area contributed by atoms with E-state index in [-0.39, 0.29) is 15.7 Å². The minimum absolute atomic E-state index is 0.132. The Hall–Kier alpha value is -1.74. The summed E-state index contributed by atoms with van der Waals surface area (Å²) >= 11 is 1.19. The van der Waals surface area contributed by atoms with Crippen molar-refractivity contribution in [2.24, 2.45) is 0 Å². The molecule has 1 amide bonds. The van der Waals surface area contributed by atoms with Gasteiger partial charge >= 0.3 is 0 Å². The molecule has 31 heavy (non-hydrogen) atoms. The van der Waals surface area contributed by atoms with Crippen molar-refractivity contribution in [3.63, 3.8) is 0 Å². The quantitative estimate of drug-likeness (QED) is 0.680. The average Bonchev–Trinajstić information content (AvgIpc) is 3.47. The molecular weight excluding hydrogens is 430 g/mol. The van der Waals surface area contributed by atoms with Crippen molar-refractivity contribution in [3.05, 3.63) is 51.7 Å². The molecule has 4 rings (SSSR count). The maximum atomic E-state index is 12.9. The van der Waals surface area contributed by atoms with Crippen LogP contribution in [0.1, 0.15) is 59.8 Å². The highest BCUT2D eigenvalue weighted by Crippen LogP contribution is 2.28. The summed E-state index contributed by atoms with van der Waals surface area (Å²) in [7, 11) is -3.61. The highest BCUT2D eigenvalue weighted by atomic mass is 32.2. The Morgan fingerprint density at radius 1 is 1.06 bits per heavy atom. The Balaban J connectivity index is 1.45. The van der Waals surface area contributed by atoms with Crippen LogP contribution in [0.15, 0.2) is 40.6 Å². The van der Waals surface area contributed by atoms with Crippen molar-refractivity contribution >= 4 is 27.3 Å². The van der Waals surface area contributed by atoms with Crippen LogP contribution in [-0.4, -0.2) is 49.2 Å². The minimum Gasteiger partial charge on any atom is -0.347 e. The normalized spacial score (nSPS) is 20.7. The number of sulfonamides is 1. The van der Waals surface area contributed by atoms with Crippen LogP contribution in [0.5, 0.6) is 0 Å². The maximum Gasteiger partial charge on any atom is 0.263 e. The lowest BCUT2D eigenvalue weighted by molar-refractivity contribution is 0.0951. The van der Waals surface area contributed by atoms with Gasteiger partial charge in [-0.25, -0.2) is 8.42 Å². The molecule has 1 unspecified atom stereocenters. The summed E-state index contributed by atoms with van der Waals surface area (Å²) in [6.45, 7) is 5.71. The third kappa shape index (κ3) is 5.03. The van der Waals surface area contributed by atoms with Crippen molar-refractivity contribution in [1.29, 1.82) is 0 Å². The van der Waals surface area contributed by atoms with E-state index in [1.807, 2.05) is 18.2 Å². The van der Waals surface area contributed by atoms with E-state index in [0.29, 0.717) is 25.7 Å². The van der Waals surface area contributed by atoms with Gasteiger partial charge < -0.3 is 5.32 Å². The number of likely N-dealkylation sites (tertiary alicyclic amines) is 1. The number of carbonyl (C=O) groups is 1. The van der Waals surface area contributed by atoms with Crippen LogP contribution in [0.4, 0.5) is 0 Å². The van der Waals surface area contributed by atoms with E-state index < -0.39 is 10.0 Å². The maximum absolute atomic E-state index is 12.9. The molecule has 1 aromatic carbocycles. The van der Waals surface area contributed by atoms with Crippen LogP contribution < -0.4 is 5.32 Å². The van der Waals surface area contributed by atoms with Gasteiger partial charge in [-0.2, -0.15) is 4.31 Å². The number of benzene rings is 1. The molecule has 0 spiro atoms. The van der Waals surface area contributed by atoms with Crippen LogP contribution in [0.25, 0.3) is 0 Å². The molecule has 6 nitrogen and oxygen atoms in total. The summed E-state index contributed by atoms with van der Waals surface area (Å²) < 4.78 is 27.4. The number of thiophene rings is 1. The Labute approximate surface area is 189 Å². The van der Waals surface area contributed by atoms with Gasteiger partial charge in [-0.15, -0.1) is 11.3 Å². The number of carbonyl (C=O) groups excluding carboxylic acids is 1. The molecule has 2 saturated heterocycles. The van der Waals surface area contributed by atoms with Crippen LogP contribution in [0.2, 0.25) is 0 Å². The fraction of sp³-hybridized carbons (Fsp3) is 0.522. The molecule has 2 aliphatic rings. The van der Waals surface area contributed by atoms with E-state index in [4.69, 9.17) is 0 Å². The zero-order chi connectivity index (χ0) is 21.8. The average molecular weight is 462 g/mol. The second-order valence-electron chi connectivity index (χ2n) is 8.49. The molecular formula is C23H31N3O3S2. The predicted molar refractivity (Wildman–Crippen MR) is 124 cm³/mol. The third-order valence-corrected chi connectivity index (χ3v) is 9.37. The molecule has 0 saturated carbocycles. The van der Waals surface area contributed by atoms with Crippen molar-refractivity contribution < 1.29 is 13.2 Å². The summed E-state index contributed by atoms with van der Waals surface area (Å²) in [6, 6.07) is 10.3. The Morgan fingerprint density at radius 2 is 1.77 bits per heavy atom. The number of nitrogens with one attached hydrogen (secondary N) is 1. The molecule has 8 heteroatoms. The summed E-state index contributed by atoms with van der Waals surface area (Å²) in [5, 5.41) is 4.65. The molecule has 2 aliphatic heterocycles. The Kier molecular flexibility index (Phi) is 7.11. The number of hydrogen-bond donors (Lipinski definition) is 1. The zero-order valence-corrected chi connectivity index (χ0v) is 19.7. The molecule has 168 valence electrons. The first-order valence-corrected chi connectivity index (χ1v) is 13.5. The highest BCUT2D eigenvalue weighted by Gasteiger charge is 2.31. The van der Waals surface area contributed by atoms with Gasteiger partial charge in [0.05, 0.1) is 0 Å². The van der Waals surface area contributed by atoms with Crippen LogP contribution in [0.3, 0.4) is 0 Å². The second-order valence-corrected chi connectivity index (χ2v) is 11.3. The fourth-order valence-electron chi connectivity index (χ4n) is 4.49. The number of rotatable bonds is 7. The van der Waals surface area contributed by atoms with Gasteiger partial charge in [0.1, 0.15) is 9.77 Å². The first kappa shape index (κ1) is 22.5. The van der Waals surface area contributed by atoms with E-state index in [1.165, 1.54) is 40.5 Å². The first-order chi connectivity index (χ1) is 15.0. The standard InChI is InChI=1S/C23H31N3O3S2/c1-18-8-4-5-12-25(18)17-20-10-3-2-9-19(20)16-24-23(27)22-21(11-15-30-22)31(28,29)26-13-6-7-14-26/h2-3,9-11,15,18H,4-8,12-14,16-17H2,1H3,(H,24,27). The third-order valence-electron chi connectivity index (χ3n) is 6.39. The molecule has 1 aromatic heterocycles. The molecule has 0 aliphatic carbocycles. The van der Waals surface area contributed by atoms with E-state index in [2.05, 4.69) is 23.2 Å². The van der Waals surface area contributed by atoms with Crippen molar-refractivity contribution in [1.82, 2.24) is 14.5 Å². The lowest BCUT2D eigenvalue weighted by atomic mass is 10.0. The zero-order valence-electron chi connectivity index (χ0n) is 18.0. The first-order valence-electron chi connectivity index (χ1n) is 11.1. The van der Waals surface area contributed by atoms with Crippen molar-refractivity contribution in [2.75, 3.05) is 19.6 Å². The Morgan fingerprint density at radius 3 is 2.52 bits per heavy atom. The van der Waals surface area contributed by atoms with Crippen LogP contribution in [0, 0.1) is 0 Å². The molecule has 1 atom stereocenters. The molecule has 0 radical (unpaired) electrons. The molecule has 2 fully saturated rings. The smallest absolute Gasteiger partial charge is 0.263 e. The van der Waals surface area contributed by atoms with Gasteiger partial charge in [0.2, 0.25) is 10.0 Å². The van der Waals surface area contributed by atoms with E-state index in [9.17, 15) is 13.2 Å². The summed E-state index contributed by atoms with van der Waals surface area (Å²) in [6.07, 6.45) is 5.49. The lowest BCUT2D eigenvalue weighted by Gasteiger charge is -2.33. The van der Waals surface area contributed by atoms with E-state index in [1.54, 1.807) is 11.4 Å². The number of piperidine rings is 1. The second kappa shape index (κ2) is 9.81.